The first-order valence-electron chi connectivity index (χ1n) is 5.62. The fourth-order valence-electron chi connectivity index (χ4n) is 1.85. The molecule has 1 aliphatic rings. The molecule has 2 atom stereocenters. The molecule has 0 bridgehead atoms. The van der Waals surface area contributed by atoms with Crippen molar-refractivity contribution in [1.82, 2.24) is 0 Å². The minimum atomic E-state index is -1.06. The zero-order valence-electron chi connectivity index (χ0n) is 9.59. The van der Waals surface area contributed by atoms with Gasteiger partial charge in [-0.25, -0.2) is 4.79 Å². The van der Waals surface area contributed by atoms with Crippen LogP contribution in [0.4, 0.5) is 0 Å². The molecule has 2 unspecified atom stereocenters. The van der Waals surface area contributed by atoms with Gasteiger partial charge >= 0.3 is 5.97 Å². The summed E-state index contributed by atoms with van der Waals surface area (Å²) in [5.74, 6) is -0.798. The van der Waals surface area contributed by atoms with Crippen LogP contribution in [0.3, 0.4) is 0 Å². The van der Waals surface area contributed by atoms with Crippen LogP contribution in [0.1, 0.15) is 25.0 Å². The Morgan fingerprint density at radius 1 is 1.41 bits per heavy atom. The lowest BCUT2D eigenvalue weighted by molar-refractivity contribution is -0.158. The van der Waals surface area contributed by atoms with Crippen LogP contribution in [0.25, 0.3) is 0 Å². The van der Waals surface area contributed by atoms with E-state index in [-0.39, 0.29) is 24.9 Å². The highest BCUT2D eigenvalue weighted by Crippen LogP contribution is 2.30. The van der Waals surface area contributed by atoms with Crippen molar-refractivity contribution < 1.29 is 19.1 Å². The zero-order valence-corrected chi connectivity index (χ0v) is 9.59. The Kier molecular flexibility index (Phi) is 3.54. The van der Waals surface area contributed by atoms with E-state index in [1.165, 1.54) is 0 Å². The van der Waals surface area contributed by atoms with Crippen molar-refractivity contribution in [1.29, 1.82) is 0 Å². The molecule has 0 aliphatic carbocycles. The molecule has 0 spiro atoms. The normalized spacial score (nSPS) is 23.7. The summed E-state index contributed by atoms with van der Waals surface area (Å²) in [6.07, 6.45) is -1.16. The van der Waals surface area contributed by atoms with E-state index in [9.17, 15) is 9.59 Å². The van der Waals surface area contributed by atoms with Crippen molar-refractivity contribution in [2.45, 2.75) is 25.6 Å². The standard InChI is InChI=1S/C13H14O4/c1-2-16-13(15)12-10(14)8-11(17-12)9-6-4-3-5-7-9/h3-7,11-12H,2,8H2,1H3. The number of carbonyl (C=O) groups is 2. The van der Waals surface area contributed by atoms with Crippen molar-refractivity contribution in [2.24, 2.45) is 0 Å². The van der Waals surface area contributed by atoms with Crippen molar-refractivity contribution in [3.63, 3.8) is 0 Å². The van der Waals surface area contributed by atoms with Crippen LogP contribution in [-0.4, -0.2) is 24.5 Å². The Hall–Kier alpha value is -1.68. The van der Waals surface area contributed by atoms with Gasteiger partial charge in [-0.05, 0) is 12.5 Å². The highest BCUT2D eigenvalue weighted by Gasteiger charge is 2.39. The Bertz CT molecular complexity index is 413. The van der Waals surface area contributed by atoms with E-state index in [2.05, 4.69) is 0 Å². The van der Waals surface area contributed by atoms with Crippen LogP contribution >= 0.6 is 0 Å². The second-order valence-electron chi connectivity index (χ2n) is 3.84. The van der Waals surface area contributed by atoms with Gasteiger partial charge in [-0.15, -0.1) is 0 Å². The summed E-state index contributed by atoms with van der Waals surface area (Å²) in [4.78, 5) is 23.1. The predicted octanol–water partition coefficient (Wildman–Crippen LogP) is 1.65. The van der Waals surface area contributed by atoms with Crippen molar-refractivity contribution in [2.75, 3.05) is 6.61 Å². The van der Waals surface area contributed by atoms with Gasteiger partial charge in [0.05, 0.1) is 12.7 Å². The van der Waals surface area contributed by atoms with E-state index < -0.39 is 12.1 Å². The molecule has 1 heterocycles. The number of esters is 1. The average Bonchev–Trinajstić information content (AvgIpc) is 2.73. The third-order valence-corrected chi connectivity index (χ3v) is 2.65. The number of Topliss-reactive ketones (excluding diaryl/α,β-unsaturated/α-hetero) is 1. The molecule has 0 aromatic heterocycles. The van der Waals surface area contributed by atoms with Gasteiger partial charge in [-0.2, -0.15) is 0 Å². The summed E-state index contributed by atoms with van der Waals surface area (Å²) >= 11 is 0. The van der Waals surface area contributed by atoms with Gasteiger partial charge in [0.25, 0.3) is 0 Å². The van der Waals surface area contributed by atoms with Gasteiger partial charge in [-0.3, -0.25) is 4.79 Å². The Balaban J connectivity index is 2.07. The smallest absolute Gasteiger partial charge is 0.343 e. The van der Waals surface area contributed by atoms with Crippen molar-refractivity contribution in [3.05, 3.63) is 35.9 Å². The zero-order chi connectivity index (χ0) is 12.3. The van der Waals surface area contributed by atoms with E-state index in [0.29, 0.717) is 0 Å². The summed E-state index contributed by atoms with van der Waals surface area (Å²) < 4.78 is 10.2. The number of ether oxygens (including phenoxy) is 2. The summed E-state index contributed by atoms with van der Waals surface area (Å²) in [5, 5.41) is 0. The van der Waals surface area contributed by atoms with Crippen molar-refractivity contribution >= 4 is 11.8 Å². The van der Waals surface area contributed by atoms with Gasteiger partial charge in [0, 0.05) is 6.42 Å². The highest BCUT2D eigenvalue weighted by atomic mass is 16.6. The van der Waals surface area contributed by atoms with Crippen LogP contribution in [0, 0.1) is 0 Å². The molecule has 1 aromatic rings. The van der Waals surface area contributed by atoms with E-state index in [0.717, 1.165) is 5.56 Å². The van der Waals surface area contributed by atoms with E-state index in [1.807, 2.05) is 30.3 Å². The molecule has 1 aromatic carbocycles. The first-order valence-corrected chi connectivity index (χ1v) is 5.62. The molecule has 0 N–H and O–H groups in total. The summed E-state index contributed by atoms with van der Waals surface area (Å²) in [6.45, 7) is 1.95. The number of rotatable bonds is 3. The first kappa shape index (κ1) is 11.8. The van der Waals surface area contributed by atoms with Gasteiger partial charge in [0.1, 0.15) is 0 Å². The Morgan fingerprint density at radius 3 is 2.76 bits per heavy atom. The third-order valence-electron chi connectivity index (χ3n) is 2.65. The minimum Gasteiger partial charge on any atom is -0.464 e. The van der Waals surface area contributed by atoms with E-state index in [1.54, 1.807) is 6.92 Å². The second-order valence-corrected chi connectivity index (χ2v) is 3.84. The molecule has 2 rings (SSSR count). The molecule has 4 heteroatoms. The SMILES string of the molecule is CCOC(=O)C1OC(c2ccccc2)CC1=O. The van der Waals surface area contributed by atoms with Gasteiger partial charge in [0.15, 0.2) is 5.78 Å². The largest absolute Gasteiger partial charge is 0.464 e. The van der Waals surface area contributed by atoms with Crippen LogP contribution in [0.5, 0.6) is 0 Å². The predicted molar refractivity (Wildman–Crippen MR) is 60.3 cm³/mol. The molecule has 17 heavy (non-hydrogen) atoms. The second kappa shape index (κ2) is 5.10. The van der Waals surface area contributed by atoms with Crippen LogP contribution in [0.15, 0.2) is 30.3 Å². The van der Waals surface area contributed by atoms with E-state index >= 15 is 0 Å². The number of ketones is 1. The first-order chi connectivity index (χ1) is 8.22. The molecule has 1 fully saturated rings. The lowest BCUT2D eigenvalue weighted by atomic mass is 10.1. The topological polar surface area (TPSA) is 52.6 Å². The number of carbonyl (C=O) groups excluding carboxylic acids is 2. The minimum absolute atomic E-state index is 0.211. The monoisotopic (exact) mass is 234 g/mol. The fraction of sp³-hybridized carbons (Fsp3) is 0.385. The third kappa shape index (κ3) is 2.53. The molecule has 90 valence electrons. The Labute approximate surface area is 99.5 Å². The van der Waals surface area contributed by atoms with Gasteiger partial charge < -0.3 is 9.47 Å². The molecular formula is C13H14O4. The summed E-state index contributed by atoms with van der Waals surface area (Å²) in [7, 11) is 0. The van der Waals surface area contributed by atoms with Crippen LogP contribution in [-0.2, 0) is 19.1 Å². The summed E-state index contributed by atoms with van der Waals surface area (Å²) in [6, 6.07) is 9.40. The number of hydrogen-bond donors (Lipinski definition) is 0. The molecule has 1 saturated heterocycles. The molecule has 4 nitrogen and oxygen atoms in total. The van der Waals surface area contributed by atoms with Crippen molar-refractivity contribution in [3.8, 4) is 0 Å². The maximum Gasteiger partial charge on any atom is 0.343 e. The Morgan fingerprint density at radius 2 is 2.12 bits per heavy atom. The lowest BCUT2D eigenvalue weighted by Crippen LogP contribution is -2.28. The number of benzene rings is 1. The molecule has 0 amide bonds. The van der Waals surface area contributed by atoms with Gasteiger partial charge in [-0.1, -0.05) is 30.3 Å². The van der Waals surface area contributed by atoms with Crippen LogP contribution < -0.4 is 0 Å². The fourth-order valence-corrected chi connectivity index (χ4v) is 1.85. The average molecular weight is 234 g/mol. The molecule has 1 aliphatic heterocycles. The van der Waals surface area contributed by atoms with Crippen LogP contribution in [0.2, 0.25) is 0 Å². The molecule has 0 saturated carbocycles. The molecule has 0 radical (unpaired) electrons. The maximum absolute atomic E-state index is 11.6. The molecular weight excluding hydrogens is 220 g/mol. The van der Waals surface area contributed by atoms with Gasteiger partial charge in [0.2, 0.25) is 6.10 Å². The maximum atomic E-state index is 11.6. The highest BCUT2D eigenvalue weighted by molar-refractivity contribution is 6.03. The summed E-state index contributed by atoms with van der Waals surface area (Å²) in [5.41, 5.74) is 0.910. The quantitative estimate of drug-likeness (QED) is 0.589. The van der Waals surface area contributed by atoms with E-state index in [4.69, 9.17) is 9.47 Å². The number of hydrogen-bond acceptors (Lipinski definition) is 4. The lowest BCUT2D eigenvalue weighted by Gasteiger charge is -2.11.